The minimum atomic E-state index is -3.38. The molecule has 0 aromatic carbocycles. The van der Waals surface area contributed by atoms with Crippen molar-refractivity contribution in [2.75, 3.05) is 0 Å². The molecule has 0 saturated carbocycles. The maximum atomic E-state index is 12.5. The molecule has 3 nitrogen and oxygen atoms in total. The quantitative estimate of drug-likeness (QED) is 0.522. The van der Waals surface area contributed by atoms with Crippen LogP contribution in [0.2, 0.25) is 0 Å². The molecule has 0 radical (unpaired) electrons. The molecule has 2 amide bonds. The number of piperidine rings is 1. The van der Waals surface area contributed by atoms with Crippen LogP contribution in [0.15, 0.2) is 0 Å². The second-order valence-corrected chi connectivity index (χ2v) is 2.63. The van der Waals surface area contributed by atoms with Crippen molar-refractivity contribution in [3.63, 3.8) is 0 Å². The molecule has 5 heteroatoms. The lowest BCUT2D eigenvalue weighted by molar-refractivity contribution is -0.159. The number of nitrogens with one attached hydrogen (secondary N) is 1. The van der Waals surface area contributed by atoms with Crippen molar-refractivity contribution in [3.8, 4) is 0 Å². The molecule has 1 aliphatic rings. The molecule has 1 unspecified atom stereocenters. The molecule has 0 spiro atoms. The van der Waals surface area contributed by atoms with Gasteiger partial charge in [-0.2, -0.15) is 8.78 Å². The monoisotopic (exact) mass is 163 g/mol. The topological polar surface area (TPSA) is 46.2 Å². The number of alkyl halides is 2. The molecule has 0 aromatic rings. The Morgan fingerprint density at radius 3 is 2.55 bits per heavy atom. The van der Waals surface area contributed by atoms with E-state index >= 15 is 0 Å². The molecule has 1 atom stereocenters. The van der Waals surface area contributed by atoms with Gasteiger partial charge in [0, 0.05) is 12.3 Å². The van der Waals surface area contributed by atoms with E-state index in [1.165, 1.54) is 6.92 Å². The van der Waals surface area contributed by atoms with Gasteiger partial charge >= 0.3 is 5.92 Å². The molecule has 1 saturated heterocycles. The third-order valence-electron chi connectivity index (χ3n) is 1.58. The van der Waals surface area contributed by atoms with Gasteiger partial charge in [0.25, 0.3) is 5.91 Å². The lowest BCUT2D eigenvalue weighted by atomic mass is 9.97. The molecular weight excluding hydrogens is 156 g/mol. The average molecular weight is 163 g/mol. The van der Waals surface area contributed by atoms with Gasteiger partial charge in [0.05, 0.1) is 0 Å². The van der Waals surface area contributed by atoms with E-state index in [-0.39, 0.29) is 0 Å². The molecule has 62 valence electrons. The van der Waals surface area contributed by atoms with Crippen LogP contribution in [-0.2, 0) is 9.59 Å². The number of hydrogen-bond donors (Lipinski definition) is 1. The Balaban J connectivity index is 2.79. The van der Waals surface area contributed by atoms with Gasteiger partial charge < -0.3 is 0 Å². The van der Waals surface area contributed by atoms with E-state index in [4.69, 9.17) is 0 Å². The standard InChI is InChI=1S/C6H7F2NO2/c1-3-2-6(7,8)5(11)9-4(3)10/h3H,2H2,1H3,(H,9,10,11). The fourth-order valence-corrected chi connectivity index (χ4v) is 0.896. The van der Waals surface area contributed by atoms with E-state index in [9.17, 15) is 18.4 Å². The number of halogens is 2. The van der Waals surface area contributed by atoms with Crippen LogP contribution in [-0.4, -0.2) is 17.7 Å². The molecule has 0 aromatic heterocycles. The highest BCUT2D eigenvalue weighted by Gasteiger charge is 2.46. The van der Waals surface area contributed by atoms with Crippen LogP contribution < -0.4 is 5.32 Å². The highest BCUT2D eigenvalue weighted by Crippen LogP contribution is 2.27. The number of hydrogen-bond acceptors (Lipinski definition) is 2. The van der Waals surface area contributed by atoms with Crippen molar-refractivity contribution in [1.29, 1.82) is 0 Å². The summed E-state index contributed by atoms with van der Waals surface area (Å²) in [6.45, 7) is 1.36. The summed E-state index contributed by atoms with van der Waals surface area (Å²) in [7, 11) is 0. The van der Waals surface area contributed by atoms with E-state index in [0.29, 0.717) is 0 Å². The zero-order valence-electron chi connectivity index (χ0n) is 5.86. The molecular formula is C6H7F2NO2. The summed E-state index contributed by atoms with van der Waals surface area (Å²) in [5.41, 5.74) is 0. The minimum Gasteiger partial charge on any atom is -0.291 e. The maximum absolute atomic E-state index is 12.5. The largest absolute Gasteiger partial charge is 0.325 e. The molecule has 0 aliphatic carbocycles. The molecule has 11 heavy (non-hydrogen) atoms. The van der Waals surface area contributed by atoms with Crippen molar-refractivity contribution >= 4 is 11.8 Å². The van der Waals surface area contributed by atoms with Crippen molar-refractivity contribution in [2.24, 2.45) is 5.92 Å². The number of rotatable bonds is 0. The summed E-state index contributed by atoms with van der Waals surface area (Å²) in [5.74, 6) is -6.28. The summed E-state index contributed by atoms with van der Waals surface area (Å²) in [4.78, 5) is 21.0. The predicted octanol–water partition coefficient (Wildman–Crippen LogP) is 0.304. The predicted molar refractivity (Wildman–Crippen MR) is 31.9 cm³/mol. The SMILES string of the molecule is CC1CC(F)(F)C(=O)NC1=O. The Hall–Kier alpha value is -1.00. The zero-order chi connectivity index (χ0) is 8.65. The number of imide groups is 1. The smallest absolute Gasteiger partial charge is 0.291 e. The Labute approximate surface area is 61.8 Å². The van der Waals surface area contributed by atoms with Gasteiger partial charge in [-0.3, -0.25) is 14.9 Å². The fourth-order valence-electron chi connectivity index (χ4n) is 0.896. The Morgan fingerprint density at radius 2 is 2.09 bits per heavy atom. The first-order chi connectivity index (χ1) is 4.93. The molecule has 0 bridgehead atoms. The summed E-state index contributed by atoms with van der Waals surface area (Å²) in [5, 5.41) is 1.59. The van der Waals surface area contributed by atoms with Crippen LogP contribution >= 0.6 is 0 Å². The van der Waals surface area contributed by atoms with Gasteiger partial charge in [-0.05, 0) is 0 Å². The summed E-state index contributed by atoms with van der Waals surface area (Å²) >= 11 is 0. The maximum Gasteiger partial charge on any atom is 0.325 e. The molecule has 1 fully saturated rings. The van der Waals surface area contributed by atoms with Crippen LogP contribution in [0.4, 0.5) is 8.78 Å². The van der Waals surface area contributed by atoms with Gasteiger partial charge in [-0.15, -0.1) is 0 Å². The third kappa shape index (κ3) is 1.36. The normalized spacial score (nSPS) is 29.9. The fraction of sp³-hybridized carbons (Fsp3) is 0.667. The number of carbonyl (C=O) groups excluding carboxylic acids is 2. The highest BCUT2D eigenvalue weighted by molar-refractivity contribution is 6.02. The van der Waals surface area contributed by atoms with E-state index in [1.807, 2.05) is 0 Å². The van der Waals surface area contributed by atoms with E-state index < -0.39 is 30.1 Å². The minimum absolute atomic E-state index is 0.624. The first kappa shape index (κ1) is 8.10. The van der Waals surface area contributed by atoms with Gasteiger partial charge in [0.15, 0.2) is 0 Å². The van der Waals surface area contributed by atoms with E-state index in [2.05, 4.69) is 0 Å². The third-order valence-corrected chi connectivity index (χ3v) is 1.58. The van der Waals surface area contributed by atoms with Gasteiger partial charge in [0.1, 0.15) is 0 Å². The first-order valence-electron chi connectivity index (χ1n) is 3.16. The van der Waals surface area contributed by atoms with Gasteiger partial charge in [-0.1, -0.05) is 6.92 Å². The van der Waals surface area contributed by atoms with Crippen molar-refractivity contribution in [3.05, 3.63) is 0 Å². The lowest BCUT2D eigenvalue weighted by Crippen LogP contribution is -2.52. The number of carbonyl (C=O) groups is 2. The Bertz CT molecular complexity index is 215. The second kappa shape index (κ2) is 2.25. The van der Waals surface area contributed by atoms with Gasteiger partial charge in [0.2, 0.25) is 5.91 Å². The van der Waals surface area contributed by atoms with Crippen LogP contribution in [0.1, 0.15) is 13.3 Å². The number of amides is 2. The second-order valence-electron chi connectivity index (χ2n) is 2.63. The first-order valence-corrected chi connectivity index (χ1v) is 3.16. The van der Waals surface area contributed by atoms with Crippen LogP contribution in [0, 0.1) is 5.92 Å². The summed E-state index contributed by atoms with van der Waals surface area (Å²) < 4.78 is 24.9. The average Bonchev–Trinajstić information content (AvgIpc) is 1.83. The molecule has 1 heterocycles. The van der Waals surface area contributed by atoms with Crippen LogP contribution in [0.5, 0.6) is 0 Å². The highest BCUT2D eigenvalue weighted by atomic mass is 19.3. The van der Waals surface area contributed by atoms with Crippen molar-refractivity contribution in [2.45, 2.75) is 19.3 Å². The lowest BCUT2D eigenvalue weighted by Gasteiger charge is -2.24. The molecule has 1 aliphatic heterocycles. The van der Waals surface area contributed by atoms with Crippen molar-refractivity contribution < 1.29 is 18.4 Å². The Morgan fingerprint density at radius 1 is 1.55 bits per heavy atom. The summed E-state index contributed by atoms with van der Waals surface area (Å²) in [6, 6.07) is 0. The molecule has 1 N–H and O–H groups in total. The Kier molecular flexibility index (Phi) is 1.66. The van der Waals surface area contributed by atoms with E-state index in [0.717, 1.165) is 0 Å². The van der Waals surface area contributed by atoms with Crippen LogP contribution in [0.3, 0.4) is 0 Å². The van der Waals surface area contributed by atoms with Crippen LogP contribution in [0.25, 0.3) is 0 Å². The summed E-state index contributed by atoms with van der Waals surface area (Å²) in [6.07, 6.45) is -0.683. The zero-order valence-corrected chi connectivity index (χ0v) is 5.86. The van der Waals surface area contributed by atoms with Crippen molar-refractivity contribution in [1.82, 2.24) is 5.32 Å². The molecule has 1 rings (SSSR count). The van der Waals surface area contributed by atoms with E-state index in [1.54, 1.807) is 5.32 Å². The van der Waals surface area contributed by atoms with Gasteiger partial charge in [-0.25, -0.2) is 0 Å².